The summed E-state index contributed by atoms with van der Waals surface area (Å²) in [6.07, 6.45) is 1.70. The van der Waals surface area contributed by atoms with Gasteiger partial charge in [0.05, 0.1) is 25.5 Å². The second-order valence-corrected chi connectivity index (χ2v) is 7.02. The molecule has 160 valence electrons. The molecule has 2 N–H and O–H groups in total. The van der Waals surface area contributed by atoms with Crippen LogP contribution in [0.15, 0.2) is 46.0 Å². The number of ether oxygens (including phenoxy) is 2. The summed E-state index contributed by atoms with van der Waals surface area (Å²) >= 11 is 0. The molecule has 0 fully saturated rings. The van der Waals surface area contributed by atoms with Crippen LogP contribution in [-0.4, -0.2) is 58.4 Å². The van der Waals surface area contributed by atoms with Gasteiger partial charge < -0.3 is 24.5 Å². The van der Waals surface area contributed by atoms with Crippen molar-refractivity contribution in [1.82, 2.24) is 15.5 Å². The Morgan fingerprint density at radius 2 is 2.03 bits per heavy atom. The van der Waals surface area contributed by atoms with Gasteiger partial charge in [-0.3, -0.25) is 4.90 Å². The topological polar surface area (TPSA) is 71.3 Å². The molecule has 29 heavy (non-hydrogen) atoms. The molecular weight excluding hydrogens is 368 g/mol. The van der Waals surface area contributed by atoms with Crippen LogP contribution in [0.5, 0.6) is 5.75 Å². The zero-order chi connectivity index (χ0) is 21.1. The minimum atomic E-state index is 0.112. The molecule has 1 unspecified atom stereocenters. The molecule has 0 bridgehead atoms. The van der Waals surface area contributed by atoms with Gasteiger partial charge in [0.2, 0.25) is 0 Å². The lowest BCUT2D eigenvalue weighted by atomic mass is 10.1. The monoisotopic (exact) mass is 402 g/mol. The van der Waals surface area contributed by atoms with Gasteiger partial charge >= 0.3 is 0 Å². The molecule has 0 saturated carbocycles. The van der Waals surface area contributed by atoms with Crippen molar-refractivity contribution in [2.24, 2.45) is 4.99 Å². The van der Waals surface area contributed by atoms with Crippen LogP contribution in [0.3, 0.4) is 0 Å². The second-order valence-electron chi connectivity index (χ2n) is 7.02. The third-order valence-electron chi connectivity index (χ3n) is 4.48. The number of nitrogens with one attached hydrogen (secondary N) is 2. The molecule has 1 aromatic carbocycles. The predicted octanol–water partition coefficient (Wildman–Crippen LogP) is 2.97. The summed E-state index contributed by atoms with van der Waals surface area (Å²) in [7, 11) is 5.74. The van der Waals surface area contributed by atoms with Crippen LogP contribution in [0.2, 0.25) is 0 Å². The summed E-state index contributed by atoms with van der Waals surface area (Å²) in [5, 5.41) is 6.72. The Bertz CT molecular complexity index is 745. The highest BCUT2D eigenvalue weighted by atomic mass is 16.5. The third kappa shape index (κ3) is 7.44. The van der Waals surface area contributed by atoms with E-state index < -0.39 is 0 Å². The Morgan fingerprint density at radius 3 is 2.69 bits per heavy atom. The lowest BCUT2D eigenvalue weighted by Gasteiger charge is -2.23. The average molecular weight is 403 g/mol. The number of guanidine groups is 1. The minimum absolute atomic E-state index is 0.112. The van der Waals surface area contributed by atoms with Gasteiger partial charge in [0, 0.05) is 25.8 Å². The molecule has 1 atom stereocenters. The Hall–Kier alpha value is -2.51. The fourth-order valence-corrected chi connectivity index (χ4v) is 2.88. The van der Waals surface area contributed by atoms with E-state index in [9.17, 15) is 0 Å². The molecule has 0 aliphatic heterocycles. The van der Waals surface area contributed by atoms with E-state index in [1.807, 2.05) is 32.3 Å². The molecule has 1 aromatic heterocycles. The second kappa shape index (κ2) is 12.1. The largest absolute Gasteiger partial charge is 0.491 e. The molecule has 2 rings (SSSR count). The van der Waals surface area contributed by atoms with E-state index in [1.165, 1.54) is 0 Å². The molecule has 2 aromatic rings. The fourth-order valence-electron chi connectivity index (χ4n) is 2.88. The van der Waals surface area contributed by atoms with Crippen molar-refractivity contribution >= 4 is 5.96 Å². The highest BCUT2D eigenvalue weighted by Crippen LogP contribution is 2.21. The fraction of sp³-hybridized carbons (Fsp3) is 0.500. The first-order chi connectivity index (χ1) is 14.0. The van der Waals surface area contributed by atoms with Crippen molar-refractivity contribution in [2.45, 2.75) is 26.4 Å². The van der Waals surface area contributed by atoms with Crippen LogP contribution in [0.4, 0.5) is 0 Å². The van der Waals surface area contributed by atoms with E-state index in [2.05, 4.69) is 41.5 Å². The first-order valence-electron chi connectivity index (χ1n) is 9.98. The van der Waals surface area contributed by atoms with Crippen molar-refractivity contribution in [2.75, 3.05) is 47.5 Å². The van der Waals surface area contributed by atoms with Crippen molar-refractivity contribution in [3.05, 3.63) is 53.5 Å². The molecule has 7 heteroatoms. The van der Waals surface area contributed by atoms with E-state index in [1.54, 1.807) is 13.4 Å². The van der Waals surface area contributed by atoms with E-state index in [-0.39, 0.29) is 6.04 Å². The van der Waals surface area contributed by atoms with Crippen LogP contribution in [0, 0.1) is 6.92 Å². The smallest absolute Gasteiger partial charge is 0.191 e. The number of nitrogens with zero attached hydrogens (tertiary/aromatic N) is 2. The summed E-state index contributed by atoms with van der Waals surface area (Å²) in [6.45, 7) is 7.16. The highest BCUT2D eigenvalue weighted by Gasteiger charge is 2.17. The quantitative estimate of drug-likeness (QED) is 0.342. The Morgan fingerprint density at radius 1 is 1.21 bits per heavy atom. The van der Waals surface area contributed by atoms with Gasteiger partial charge in [0.1, 0.15) is 18.1 Å². The standard InChI is InChI=1S/C22H34N4O3/c1-6-23-22(25-16-19(26(3)4)20-8-7-11-28-20)24-15-18-10-9-17(2)14-21(18)29-13-12-27-5/h7-11,14,19H,6,12-13,15-16H2,1-5H3,(H2,23,24,25). The van der Waals surface area contributed by atoms with Gasteiger partial charge in [-0.2, -0.15) is 0 Å². The summed E-state index contributed by atoms with van der Waals surface area (Å²) in [4.78, 5) is 6.87. The molecule has 0 aliphatic carbocycles. The summed E-state index contributed by atoms with van der Waals surface area (Å²) < 4.78 is 16.5. The molecular formula is C22H34N4O3. The third-order valence-corrected chi connectivity index (χ3v) is 4.48. The predicted molar refractivity (Wildman–Crippen MR) is 117 cm³/mol. The molecule has 0 saturated heterocycles. The maximum absolute atomic E-state index is 5.88. The SMILES string of the molecule is CCNC(=NCc1ccc(C)cc1OCCOC)NCC(c1ccco1)N(C)C. The molecule has 0 amide bonds. The van der Waals surface area contributed by atoms with Crippen LogP contribution in [-0.2, 0) is 11.3 Å². The maximum atomic E-state index is 5.88. The molecule has 7 nitrogen and oxygen atoms in total. The zero-order valence-corrected chi connectivity index (χ0v) is 18.2. The van der Waals surface area contributed by atoms with E-state index >= 15 is 0 Å². The average Bonchev–Trinajstić information content (AvgIpc) is 3.21. The normalized spacial score (nSPS) is 12.8. The van der Waals surface area contributed by atoms with E-state index in [4.69, 9.17) is 18.9 Å². The molecule has 0 radical (unpaired) electrons. The first-order valence-corrected chi connectivity index (χ1v) is 9.98. The number of aryl methyl sites for hydroxylation is 1. The maximum Gasteiger partial charge on any atom is 0.191 e. The first kappa shape index (κ1) is 22.8. The number of likely N-dealkylation sites (N-methyl/N-ethyl adjacent to an activating group) is 1. The number of methoxy groups -OCH3 is 1. The number of benzene rings is 1. The van der Waals surface area contributed by atoms with E-state index in [0.717, 1.165) is 35.1 Å². The van der Waals surface area contributed by atoms with Crippen molar-refractivity contribution in [3.8, 4) is 5.75 Å². The Kier molecular flexibility index (Phi) is 9.53. The number of hydrogen-bond acceptors (Lipinski definition) is 5. The lowest BCUT2D eigenvalue weighted by molar-refractivity contribution is 0.145. The van der Waals surface area contributed by atoms with Gasteiger partial charge in [0.15, 0.2) is 5.96 Å². The van der Waals surface area contributed by atoms with Crippen molar-refractivity contribution in [3.63, 3.8) is 0 Å². The number of aliphatic imine (C=N–C) groups is 1. The van der Waals surface area contributed by atoms with Crippen LogP contribution < -0.4 is 15.4 Å². The van der Waals surface area contributed by atoms with Crippen LogP contribution >= 0.6 is 0 Å². The van der Waals surface area contributed by atoms with Crippen LogP contribution in [0.25, 0.3) is 0 Å². The minimum Gasteiger partial charge on any atom is -0.491 e. The van der Waals surface area contributed by atoms with Gasteiger partial charge in [-0.15, -0.1) is 0 Å². The summed E-state index contributed by atoms with van der Waals surface area (Å²) in [5.74, 6) is 2.53. The molecule has 0 aliphatic rings. The van der Waals surface area contributed by atoms with Crippen LogP contribution in [0.1, 0.15) is 29.9 Å². The summed E-state index contributed by atoms with van der Waals surface area (Å²) in [5.41, 5.74) is 2.20. The molecule has 0 spiro atoms. The zero-order valence-electron chi connectivity index (χ0n) is 18.2. The van der Waals surface area contributed by atoms with Gasteiger partial charge in [-0.05, 0) is 51.7 Å². The number of hydrogen-bond donors (Lipinski definition) is 2. The van der Waals surface area contributed by atoms with Gasteiger partial charge in [-0.25, -0.2) is 4.99 Å². The van der Waals surface area contributed by atoms with Gasteiger partial charge in [0.25, 0.3) is 0 Å². The summed E-state index contributed by atoms with van der Waals surface area (Å²) in [6, 6.07) is 10.2. The Labute approximate surface area is 174 Å². The van der Waals surface area contributed by atoms with Gasteiger partial charge in [-0.1, -0.05) is 12.1 Å². The van der Waals surface area contributed by atoms with E-state index in [0.29, 0.717) is 26.3 Å². The van der Waals surface area contributed by atoms with Crippen molar-refractivity contribution < 1.29 is 13.9 Å². The highest BCUT2D eigenvalue weighted by molar-refractivity contribution is 5.79. The number of rotatable bonds is 11. The Balaban J connectivity index is 2.06. The van der Waals surface area contributed by atoms with Crippen molar-refractivity contribution in [1.29, 1.82) is 0 Å². The number of furan rings is 1. The lowest BCUT2D eigenvalue weighted by Crippen LogP contribution is -2.41. The molecule has 1 heterocycles.